The van der Waals surface area contributed by atoms with Crippen LogP contribution in [0.5, 0.6) is 0 Å². The van der Waals surface area contributed by atoms with Crippen LogP contribution in [0.1, 0.15) is 18.7 Å². The van der Waals surface area contributed by atoms with Gasteiger partial charge >= 0.3 is 0 Å². The van der Waals surface area contributed by atoms with E-state index in [1.807, 2.05) is 13.0 Å². The normalized spacial score (nSPS) is 13.0. The highest BCUT2D eigenvalue weighted by Gasteiger charge is 2.18. The number of nitrogen functional groups attached to an aromatic ring is 1. The molecule has 3 rings (SSSR count). The van der Waals surface area contributed by atoms with Gasteiger partial charge in [0.1, 0.15) is 11.6 Å². The summed E-state index contributed by atoms with van der Waals surface area (Å²) in [6.45, 7) is 1.92. The van der Waals surface area contributed by atoms with Crippen LogP contribution in [-0.2, 0) is 0 Å². The second-order valence-corrected chi connectivity index (χ2v) is 4.69. The monoisotopic (exact) mass is 279 g/mol. The second-order valence-electron chi connectivity index (χ2n) is 4.29. The fraction of sp³-hybridized carbons (Fsp3) is 0.154. The van der Waals surface area contributed by atoms with Crippen molar-refractivity contribution >= 4 is 28.6 Å². The molecule has 6 heteroatoms. The van der Waals surface area contributed by atoms with Crippen molar-refractivity contribution in [3.05, 3.63) is 47.1 Å². The zero-order chi connectivity index (χ0) is 13.6. The largest absolute Gasteiger partial charge is 0.467 e. The number of nitrogens with zero attached hydrogens (tertiary/aromatic N) is 2. The van der Waals surface area contributed by atoms with Gasteiger partial charge < -0.3 is 10.2 Å². The van der Waals surface area contributed by atoms with Gasteiger partial charge in [-0.2, -0.15) is 0 Å². The topological polar surface area (TPSA) is 57.0 Å². The molecule has 0 amide bonds. The minimum atomic E-state index is -0.510. The molecule has 0 aliphatic heterocycles. The average Bonchev–Trinajstić information content (AvgIpc) is 2.97. The number of hydrogen-bond donors (Lipinski definition) is 1. The predicted octanol–water partition coefficient (Wildman–Crippen LogP) is 3.61. The van der Waals surface area contributed by atoms with E-state index in [4.69, 9.17) is 21.8 Å². The van der Waals surface area contributed by atoms with Crippen molar-refractivity contribution < 1.29 is 8.81 Å². The van der Waals surface area contributed by atoms with Gasteiger partial charge in [0.25, 0.3) is 0 Å². The maximum Gasteiger partial charge on any atom is 0.201 e. The molecular weight excluding hydrogens is 269 g/mol. The Bertz CT molecular complexity index is 736. The molecule has 2 aromatic heterocycles. The minimum Gasteiger partial charge on any atom is -0.467 e. The van der Waals surface area contributed by atoms with E-state index in [-0.39, 0.29) is 11.1 Å². The Morgan fingerprint density at radius 3 is 2.95 bits per heavy atom. The standard InChI is InChI=1S/C13H11ClFN3O/c1-7(12-3-2-4-19-12)18-11-5-8(14)9(15)6-10(11)17-13(18)16/h2-7H,1H3,(H2,16,17). The Hall–Kier alpha value is -2.01. The number of nitrogens with two attached hydrogens (primary N) is 1. The van der Waals surface area contributed by atoms with E-state index in [2.05, 4.69) is 4.98 Å². The number of halogens is 2. The molecule has 0 fully saturated rings. The quantitative estimate of drug-likeness (QED) is 0.779. The first-order valence-corrected chi connectivity index (χ1v) is 6.11. The van der Waals surface area contributed by atoms with Gasteiger partial charge in [-0.1, -0.05) is 11.6 Å². The number of furan rings is 1. The Morgan fingerprint density at radius 2 is 2.26 bits per heavy atom. The Balaban J connectivity index is 2.23. The summed E-state index contributed by atoms with van der Waals surface area (Å²) in [5, 5.41) is 0.0419. The second kappa shape index (κ2) is 4.28. The van der Waals surface area contributed by atoms with Crippen molar-refractivity contribution in [3.63, 3.8) is 0 Å². The molecule has 0 radical (unpaired) electrons. The third kappa shape index (κ3) is 1.86. The van der Waals surface area contributed by atoms with Gasteiger partial charge in [0, 0.05) is 6.07 Å². The molecule has 0 aliphatic rings. The maximum atomic E-state index is 13.4. The molecule has 2 heterocycles. The number of hydrogen-bond acceptors (Lipinski definition) is 3. The summed E-state index contributed by atoms with van der Waals surface area (Å²) in [7, 11) is 0. The molecule has 0 saturated carbocycles. The Morgan fingerprint density at radius 1 is 1.47 bits per heavy atom. The molecule has 1 aromatic carbocycles. The van der Waals surface area contributed by atoms with Gasteiger partial charge in [0.2, 0.25) is 5.95 Å². The first-order valence-electron chi connectivity index (χ1n) is 5.74. The zero-order valence-electron chi connectivity index (χ0n) is 10.1. The van der Waals surface area contributed by atoms with Crippen LogP contribution >= 0.6 is 11.6 Å². The van der Waals surface area contributed by atoms with E-state index in [9.17, 15) is 4.39 Å². The van der Waals surface area contributed by atoms with Crippen LogP contribution in [0, 0.1) is 5.82 Å². The average molecular weight is 280 g/mol. The summed E-state index contributed by atoms with van der Waals surface area (Å²) in [6, 6.07) is 6.30. The van der Waals surface area contributed by atoms with Gasteiger partial charge in [-0.3, -0.25) is 4.57 Å². The number of rotatable bonds is 2. The lowest BCUT2D eigenvalue weighted by Crippen LogP contribution is -2.09. The Labute approximate surface area is 113 Å². The molecule has 4 nitrogen and oxygen atoms in total. The molecule has 1 unspecified atom stereocenters. The molecule has 1 atom stereocenters. The maximum absolute atomic E-state index is 13.4. The summed E-state index contributed by atoms with van der Waals surface area (Å²) < 4.78 is 20.6. The lowest BCUT2D eigenvalue weighted by molar-refractivity contribution is 0.453. The van der Waals surface area contributed by atoms with Crippen molar-refractivity contribution in [1.82, 2.24) is 9.55 Å². The molecule has 0 saturated heterocycles. The molecule has 98 valence electrons. The van der Waals surface area contributed by atoms with Gasteiger partial charge in [-0.05, 0) is 25.1 Å². The van der Waals surface area contributed by atoms with Crippen LogP contribution in [0.2, 0.25) is 5.02 Å². The van der Waals surface area contributed by atoms with E-state index < -0.39 is 5.82 Å². The fourth-order valence-electron chi connectivity index (χ4n) is 2.17. The first kappa shape index (κ1) is 12.0. The van der Waals surface area contributed by atoms with E-state index in [0.717, 1.165) is 5.76 Å². The summed E-state index contributed by atoms with van der Waals surface area (Å²) in [5.41, 5.74) is 7.05. The number of fused-ring (bicyclic) bond motifs is 1. The fourth-order valence-corrected chi connectivity index (χ4v) is 2.33. The predicted molar refractivity (Wildman–Crippen MR) is 71.6 cm³/mol. The molecule has 0 bridgehead atoms. The molecule has 2 N–H and O–H groups in total. The van der Waals surface area contributed by atoms with Crippen LogP contribution in [0.3, 0.4) is 0 Å². The van der Waals surface area contributed by atoms with Crippen LogP contribution in [0.15, 0.2) is 34.9 Å². The lowest BCUT2D eigenvalue weighted by atomic mass is 10.2. The molecular formula is C13H11ClFN3O. The highest BCUT2D eigenvalue weighted by molar-refractivity contribution is 6.31. The third-order valence-electron chi connectivity index (χ3n) is 3.10. The van der Waals surface area contributed by atoms with E-state index in [1.54, 1.807) is 16.9 Å². The third-order valence-corrected chi connectivity index (χ3v) is 3.39. The zero-order valence-corrected chi connectivity index (χ0v) is 10.9. The summed E-state index contributed by atoms with van der Waals surface area (Å²) in [5.74, 6) is 0.525. The number of aromatic nitrogens is 2. The Kier molecular flexibility index (Phi) is 2.71. The smallest absolute Gasteiger partial charge is 0.201 e. The lowest BCUT2D eigenvalue weighted by Gasteiger charge is -2.13. The summed E-state index contributed by atoms with van der Waals surface area (Å²) >= 11 is 5.82. The highest BCUT2D eigenvalue weighted by Crippen LogP contribution is 2.30. The van der Waals surface area contributed by atoms with Gasteiger partial charge in [0.15, 0.2) is 0 Å². The molecule has 3 aromatic rings. The number of anilines is 1. The van der Waals surface area contributed by atoms with Crippen molar-refractivity contribution in [1.29, 1.82) is 0 Å². The van der Waals surface area contributed by atoms with Gasteiger partial charge in [-0.15, -0.1) is 0 Å². The number of benzene rings is 1. The molecule has 0 aliphatic carbocycles. The molecule has 19 heavy (non-hydrogen) atoms. The van der Waals surface area contributed by atoms with E-state index in [1.165, 1.54) is 12.1 Å². The summed E-state index contributed by atoms with van der Waals surface area (Å²) in [6.07, 6.45) is 1.59. The van der Waals surface area contributed by atoms with E-state index in [0.29, 0.717) is 17.0 Å². The van der Waals surface area contributed by atoms with Crippen LogP contribution in [0.25, 0.3) is 11.0 Å². The van der Waals surface area contributed by atoms with Crippen molar-refractivity contribution in [3.8, 4) is 0 Å². The van der Waals surface area contributed by atoms with Crippen molar-refractivity contribution in [2.75, 3.05) is 5.73 Å². The SMILES string of the molecule is CC(c1ccco1)n1c(N)nc2cc(F)c(Cl)cc21. The highest BCUT2D eigenvalue weighted by atomic mass is 35.5. The van der Waals surface area contributed by atoms with Crippen molar-refractivity contribution in [2.24, 2.45) is 0 Å². The first-order chi connectivity index (χ1) is 9.08. The van der Waals surface area contributed by atoms with Gasteiger partial charge in [0.05, 0.1) is 28.4 Å². The molecule has 0 spiro atoms. The van der Waals surface area contributed by atoms with Crippen LogP contribution in [0.4, 0.5) is 10.3 Å². The van der Waals surface area contributed by atoms with Crippen LogP contribution in [-0.4, -0.2) is 9.55 Å². The summed E-state index contributed by atoms with van der Waals surface area (Å²) in [4.78, 5) is 4.15. The van der Waals surface area contributed by atoms with Crippen molar-refractivity contribution in [2.45, 2.75) is 13.0 Å². The number of imidazole rings is 1. The van der Waals surface area contributed by atoms with E-state index >= 15 is 0 Å². The van der Waals surface area contributed by atoms with Gasteiger partial charge in [-0.25, -0.2) is 9.37 Å². The minimum absolute atomic E-state index is 0.0419. The van der Waals surface area contributed by atoms with Crippen LogP contribution < -0.4 is 5.73 Å².